The van der Waals surface area contributed by atoms with Gasteiger partial charge >= 0.3 is 0 Å². The number of benzene rings is 1. The first-order valence-corrected chi connectivity index (χ1v) is 7.18. The van der Waals surface area contributed by atoms with Crippen molar-refractivity contribution < 1.29 is 5.11 Å². The Kier molecular flexibility index (Phi) is 3.74. The van der Waals surface area contributed by atoms with E-state index in [2.05, 4.69) is 22.1 Å². The molecular formula is C16H21N3O. The maximum Gasteiger partial charge on any atom is 0.115 e. The molecule has 1 saturated heterocycles. The molecule has 2 aromatic rings. The lowest BCUT2D eigenvalue weighted by atomic mass is 9.99. The number of aromatic nitrogens is 2. The van der Waals surface area contributed by atoms with Crippen molar-refractivity contribution in [3.8, 4) is 5.75 Å². The van der Waals surface area contributed by atoms with Gasteiger partial charge in [0.05, 0.1) is 5.69 Å². The van der Waals surface area contributed by atoms with Gasteiger partial charge in [-0.15, -0.1) is 0 Å². The van der Waals surface area contributed by atoms with Crippen LogP contribution < -0.4 is 0 Å². The average Bonchev–Trinajstić information content (AvgIpc) is 3.01. The minimum absolute atomic E-state index is 0.368. The van der Waals surface area contributed by atoms with Gasteiger partial charge < -0.3 is 5.11 Å². The lowest BCUT2D eigenvalue weighted by Gasteiger charge is -2.16. The average molecular weight is 271 g/mol. The van der Waals surface area contributed by atoms with Crippen LogP contribution in [0, 0.1) is 5.92 Å². The number of phenolic OH excluding ortho intramolecular Hbond substituents is 1. The molecule has 0 aliphatic carbocycles. The first-order valence-electron chi connectivity index (χ1n) is 7.18. The Morgan fingerprint density at radius 3 is 3.00 bits per heavy atom. The second kappa shape index (κ2) is 5.67. The third-order valence-electron chi connectivity index (χ3n) is 4.11. The van der Waals surface area contributed by atoms with Crippen LogP contribution in [0.15, 0.2) is 36.5 Å². The van der Waals surface area contributed by atoms with Crippen molar-refractivity contribution in [2.45, 2.75) is 19.4 Å². The highest BCUT2D eigenvalue weighted by Gasteiger charge is 2.23. The van der Waals surface area contributed by atoms with Crippen LogP contribution in [0.1, 0.15) is 17.7 Å². The number of likely N-dealkylation sites (tertiary alicyclic amines) is 1. The van der Waals surface area contributed by atoms with Crippen molar-refractivity contribution in [3.05, 3.63) is 47.8 Å². The topological polar surface area (TPSA) is 41.3 Å². The van der Waals surface area contributed by atoms with Gasteiger partial charge in [-0.3, -0.25) is 9.58 Å². The standard InChI is InChI=1S/C16H21N3O/c1-18-15(5-7-17-18)12-19-8-6-14(11-19)9-13-3-2-4-16(20)10-13/h2-5,7,10,14,20H,6,8-9,11-12H2,1H3. The third-order valence-corrected chi connectivity index (χ3v) is 4.11. The summed E-state index contributed by atoms with van der Waals surface area (Å²) in [6, 6.07) is 9.72. The van der Waals surface area contributed by atoms with Crippen molar-refractivity contribution in [1.82, 2.24) is 14.7 Å². The zero-order chi connectivity index (χ0) is 13.9. The summed E-state index contributed by atoms with van der Waals surface area (Å²) < 4.78 is 1.95. The Labute approximate surface area is 119 Å². The lowest BCUT2D eigenvalue weighted by Crippen LogP contribution is -2.22. The molecule has 4 nitrogen and oxygen atoms in total. The summed E-state index contributed by atoms with van der Waals surface area (Å²) in [5, 5.41) is 13.7. The number of nitrogens with zero attached hydrogens (tertiary/aromatic N) is 3. The van der Waals surface area contributed by atoms with Crippen LogP contribution >= 0.6 is 0 Å². The first-order chi connectivity index (χ1) is 9.70. The summed E-state index contributed by atoms with van der Waals surface area (Å²) in [5.74, 6) is 1.05. The fraction of sp³-hybridized carbons (Fsp3) is 0.438. The van der Waals surface area contributed by atoms with E-state index in [9.17, 15) is 5.11 Å². The second-order valence-corrected chi connectivity index (χ2v) is 5.71. The number of aromatic hydroxyl groups is 1. The van der Waals surface area contributed by atoms with E-state index >= 15 is 0 Å². The Bertz CT molecular complexity index is 579. The molecule has 1 unspecified atom stereocenters. The SMILES string of the molecule is Cn1nccc1CN1CCC(Cc2cccc(O)c2)C1. The number of rotatable bonds is 4. The van der Waals surface area contributed by atoms with Crippen LogP contribution in [0.25, 0.3) is 0 Å². The Balaban J connectivity index is 1.56. The van der Waals surface area contributed by atoms with E-state index in [0.717, 1.165) is 26.1 Å². The van der Waals surface area contributed by atoms with Crippen molar-refractivity contribution in [2.24, 2.45) is 13.0 Å². The fourth-order valence-corrected chi connectivity index (χ4v) is 3.03. The number of phenols is 1. The van der Waals surface area contributed by atoms with E-state index in [-0.39, 0.29) is 0 Å². The molecule has 20 heavy (non-hydrogen) atoms. The van der Waals surface area contributed by atoms with Gasteiger partial charge in [0.15, 0.2) is 0 Å². The number of aryl methyl sites for hydroxylation is 1. The molecule has 1 N–H and O–H groups in total. The van der Waals surface area contributed by atoms with E-state index in [4.69, 9.17) is 0 Å². The number of hydrogen-bond donors (Lipinski definition) is 1. The molecule has 1 aliphatic rings. The summed E-state index contributed by atoms with van der Waals surface area (Å²) in [6.07, 6.45) is 4.14. The molecule has 1 aromatic heterocycles. The maximum atomic E-state index is 9.52. The van der Waals surface area contributed by atoms with Gasteiger partial charge in [-0.25, -0.2) is 0 Å². The molecule has 0 bridgehead atoms. The summed E-state index contributed by atoms with van der Waals surface area (Å²) in [4.78, 5) is 2.49. The zero-order valence-corrected chi connectivity index (χ0v) is 11.9. The molecule has 1 aliphatic heterocycles. The largest absolute Gasteiger partial charge is 0.508 e. The van der Waals surface area contributed by atoms with Gasteiger partial charge in [-0.2, -0.15) is 5.10 Å². The van der Waals surface area contributed by atoms with Gasteiger partial charge in [0.2, 0.25) is 0 Å². The molecule has 106 valence electrons. The molecule has 4 heteroatoms. The van der Waals surface area contributed by atoms with Crippen LogP contribution in [0.2, 0.25) is 0 Å². The summed E-state index contributed by atoms with van der Waals surface area (Å²) in [5.41, 5.74) is 2.50. The van der Waals surface area contributed by atoms with E-state index < -0.39 is 0 Å². The van der Waals surface area contributed by atoms with E-state index in [1.807, 2.05) is 30.1 Å². The highest BCUT2D eigenvalue weighted by molar-refractivity contribution is 5.27. The van der Waals surface area contributed by atoms with Crippen molar-refractivity contribution >= 4 is 0 Å². The predicted octanol–water partition coefficient (Wildman–Crippen LogP) is 2.19. The highest BCUT2D eigenvalue weighted by atomic mass is 16.3. The van der Waals surface area contributed by atoms with Gasteiger partial charge in [-0.05, 0) is 49.1 Å². The summed E-state index contributed by atoms with van der Waals surface area (Å²) in [6.45, 7) is 3.25. The molecule has 2 heterocycles. The van der Waals surface area contributed by atoms with Crippen LogP contribution in [0.3, 0.4) is 0 Å². The minimum Gasteiger partial charge on any atom is -0.508 e. The summed E-state index contributed by atoms with van der Waals surface area (Å²) >= 11 is 0. The second-order valence-electron chi connectivity index (χ2n) is 5.71. The van der Waals surface area contributed by atoms with E-state index in [1.54, 1.807) is 6.07 Å². The molecule has 1 atom stereocenters. The van der Waals surface area contributed by atoms with Gasteiger partial charge in [-0.1, -0.05) is 12.1 Å². The van der Waals surface area contributed by atoms with Crippen LogP contribution in [-0.2, 0) is 20.0 Å². The molecule has 1 aromatic carbocycles. The van der Waals surface area contributed by atoms with Gasteiger partial charge in [0, 0.05) is 26.3 Å². The van der Waals surface area contributed by atoms with Crippen LogP contribution in [0.4, 0.5) is 0 Å². The van der Waals surface area contributed by atoms with Gasteiger partial charge in [0.25, 0.3) is 0 Å². The number of hydrogen-bond acceptors (Lipinski definition) is 3. The molecule has 1 fully saturated rings. The Hall–Kier alpha value is -1.81. The van der Waals surface area contributed by atoms with Gasteiger partial charge in [0.1, 0.15) is 5.75 Å². The van der Waals surface area contributed by atoms with E-state index in [0.29, 0.717) is 11.7 Å². The smallest absolute Gasteiger partial charge is 0.115 e. The Morgan fingerprint density at radius 2 is 2.25 bits per heavy atom. The van der Waals surface area contributed by atoms with Crippen molar-refractivity contribution in [2.75, 3.05) is 13.1 Å². The van der Waals surface area contributed by atoms with Crippen LogP contribution in [0.5, 0.6) is 5.75 Å². The van der Waals surface area contributed by atoms with E-state index in [1.165, 1.54) is 17.7 Å². The maximum absolute atomic E-state index is 9.52. The molecule has 0 amide bonds. The lowest BCUT2D eigenvalue weighted by molar-refractivity contribution is 0.307. The monoisotopic (exact) mass is 271 g/mol. The Morgan fingerprint density at radius 1 is 1.35 bits per heavy atom. The first kappa shape index (κ1) is 13.2. The molecule has 0 spiro atoms. The van der Waals surface area contributed by atoms with Crippen molar-refractivity contribution in [1.29, 1.82) is 0 Å². The van der Waals surface area contributed by atoms with Crippen LogP contribution in [-0.4, -0.2) is 32.9 Å². The normalized spacial score (nSPS) is 19.6. The van der Waals surface area contributed by atoms with Crippen molar-refractivity contribution in [3.63, 3.8) is 0 Å². The molecule has 0 radical (unpaired) electrons. The zero-order valence-electron chi connectivity index (χ0n) is 11.9. The quantitative estimate of drug-likeness (QED) is 0.927. The summed E-state index contributed by atoms with van der Waals surface area (Å²) in [7, 11) is 2.00. The minimum atomic E-state index is 0.368. The highest BCUT2D eigenvalue weighted by Crippen LogP contribution is 2.23. The third kappa shape index (κ3) is 3.02. The predicted molar refractivity (Wildman–Crippen MR) is 78.4 cm³/mol. The molecule has 0 saturated carbocycles. The fourth-order valence-electron chi connectivity index (χ4n) is 3.03. The molecular weight excluding hydrogens is 250 g/mol. The molecule has 3 rings (SSSR count).